The molecule has 0 aliphatic rings. The van der Waals surface area contributed by atoms with E-state index in [1.807, 2.05) is 0 Å². The van der Waals surface area contributed by atoms with E-state index in [1.165, 1.54) is 27.5 Å². The Morgan fingerprint density at radius 1 is 0.864 bits per heavy atom. The molecule has 0 aromatic heterocycles. The third kappa shape index (κ3) is 8.13. The number of hydrogen-bond acceptors (Lipinski definition) is 0. The predicted octanol–water partition coefficient (Wildman–Crippen LogP) is -0.303. The zero-order valence-electron chi connectivity index (χ0n) is 13.4. The number of rotatable bonds is 0. The molecule has 0 N–H and O–H groups in total. The van der Waals surface area contributed by atoms with Crippen molar-refractivity contribution in [3.05, 3.63) is 84.4 Å². The molecule has 0 fully saturated rings. The van der Waals surface area contributed by atoms with Crippen LogP contribution in [0.2, 0.25) is 0 Å². The summed E-state index contributed by atoms with van der Waals surface area (Å²) < 4.78 is 0. The zero-order valence-corrected chi connectivity index (χ0v) is 17.3. The van der Waals surface area contributed by atoms with Crippen molar-refractivity contribution in [2.45, 2.75) is 20.8 Å². The first-order chi connectivity index (χ1) is 9.16. The summed E-state index contributed by atoms with van der Waals surface area (Å²) >= 11 is 0. The third-order valence-electron chi connectivity index (χ3n) is 2.96. The van der Waals surface area contributed by atoms with Gasteiger partial charge >= 0.3 is 26.2 Å². The minimum atomic E-state index is 0. The fourth-order valence-corrected chi connectivity index (χ4v) is 2.02. The van der Waals surface area contributed by atoms with Crippen LogP contribution in [0.5, 0.6) is 0 Å². The minimum Gasteiger partial charge on any atom is -1.00 e. The molecule has 116 valence electrons. The largest absolute Gasteiger partial charge is 4.00 e. The molecule has 0 saturated heterocycles. The van der Waals surface area contributed by atoms with E-state index < -0.39 is 0 Å². The van der Waals surface area contributed by atoms with Crippen molar-refractivity contribution in [3.8, 4) is 0 Å². The van der Waals surface area contributed by atoms with Crippen LogP contribution in [-0.2, 0) is 26.2 Å². The topological polar surface area (TPSA) is 0 Å². The number of benzene rings is 1. The smallest absolute Gasteiger partial charge is 1.00 e. The normalized spacial score (nSPS) is 7.95. The first-order valence-electron chi connectivity index (χ1n) is 6.48. The molecule has 0 aliphatic carbocycles. The van der Waals surface area contributed by atoms with Gasteiger partial charge in [-0.3, -0.25) is 0 Å². The maximum Gasteiger partial charge on any atom is 4.00 e. The van der Waals surface area contributed by atoms with Crippen molar-refractivity contribution < 1.29 is 51.0 Å². The molecule has 0 nitrogen and oxygen atoms in total. The molecular weight excluding hydrogens is 390 g/mol. The molecule has 3 aromatic carbocycles. The van der Waals surface area contributed by atoms with Gasteiger partial charge in [-0.25, -0.2) is 11.6 Å². The third-order valence-corrected chi connectivity index (χ3v) is 2.96. The summed E-state index contributed by atoms with van der Waals surface area (Å²) in [7, 11) is 0. The van der Waals surface area contributed by atoms with Gasteiger partial charge < -0.3 is 24.8 Å². The van der Waals surface area contributed by atoms with Gasteiger partial charge in [0.25, 0.3) is 0 Å². The van der Waals surface area contributed by atoms with Crippen LogP contribution in [0, 0.1) is 20.8 Å². The van der Waals surface area contributed by atoms with Gasteiger partial charge in [0.2, 0.25) is 0 Å². The number of halogens is 2. The van der Waals surface area contributed by atoms with Crippen molar-refractivity contribution in [2.24, 2.45) is 0 Å². The Morgan fingerprint density at radius 3 is 1.86 bits per heavy atom. The van der Waals surface area contributed by atoms with Gasteiger partial charge in [-0.2, -0.15) is 29.3 Å². The second kappa shape index (κ2) is 14.0. The number of hydrogen-bond donors (Lipinski definition) is 0. The van der Waals surface area contributed by atoms with Crippen LogP contribution in [-0.4, -0.2) is 0 Å². The molecule has 3 rings (SSSR count). The van der Waals surface area contributed by atoms with E-state index in [1.54, 1.807) is 0 Å². The van der Waals surface area contributed by atoms with E-state index in [4.69, 9.17) is 0 Å². The standard InChI is InChI=1S/C10H9.C7H9.C2H4.2ClH.Zr/c1-8-6-7-9-4-2-3-5-10(8)9;1-6-3-4-7(2)5-6;1-2;;;/h2-7H,1H3;3-5H,1-2H3;1-2H2;2*1H;/q2*-1;;;;+4/p-2. The molecule has 0 saturated carbocycles. The van der Waals surface area contributed by atoms with E-state index >= 15 is 0 Å². The molecule has 0 heterocycles. The van der Waals surface area contributed by atoms with Gasteiger partial charge in [0, 0.05) is 0 Å². The van der Waals surface area contributed by atoms with E-state index in [0.717, 1.165) is 0 Å². The average Bonchev–Trinajstić information content (AvgIpc) is 3.00. The van der Waals surface area contributed by atoms with Crippen molar-refractivity contribution in [1.29, 1.82) is 0 Å². The molecule has 3 heteroatoms. The van der Waals surface area contributed by atoms with E-state index in [-0.39, 0.29) is 51.0 Å². The SMILES string of the molecule is C=C.Cc1c[cH-]c(C)c1.Cc1c[cH-]c2ccccc12.[Cl-].[Cl-].[Zr+4]. The summed E-state index contributed by atoms with van der Waals surface area (Å²) in [5, 5.41) is 2.72. The van der Waals surface area contributed by atoms with E-state index in [2.05, 4.69) is 88.5 Å². The van der Waals surface area contributed by atoms with Gasteiger partial charge in [-0.15, -0.1) is 48.2 Å². The maximum atomic E-state index is 3.00. The second-order valence-electron chi connectivity index (χ2n) is 4.57. The number of fused-ring (bicyclic) bond motifs is 1. The van der Waals surface area contributed by atoms with Gasteiger partial charge in [-0.05, 0) is 0 Å². The summed E-state index contributed by atoms with van der Waals surface area (Å²) in [5.41, 5.74) is 4.09. The fourth-order valence-electron chi connectivity index (χ4n) is 2.02. The Labute approximate surface area is 166 Å². The molecule has 0 unspecified atom stereocenters. The Morgan fingerprint density at radius 2 is 1.45 bits per heavy atom. The maximum absolute atomic E-state index is 3.00. The molecule has 0 atom stereocenters. The van der Waals surface area contributed by atoms with Crippen LogP contribution < -0.4 is 24.8 Å². The first kappa shape index (κ1) is 26.3. The Hall–Kier alpha value is -0.617. The molecule has 0 spiro atoms. The monoisotopic (exact) mass is 410 g/mol. The quantitative estimate of drug-likeness (QED) is 0.351. The summed E-state index contributed by atoms with van der Waals surface area (Å²) in [6.07, 6.45) is 0. The minimum absolute atomic E-state index is 0. The first-order valence-corrected chi connectivity index (χ1v) is 6.48. The predicted molar refractivity (Wildman–Crippen MR) is 87.0 cm³/mol. The van der Waals surface area contributed by atoms with Crippen molar-refractivity contribution in [3.63, 3.8) is 0 Å². The van der Waals surface area contributed by atoms with Crippen molar-refractivity contribution in [2.75, 3.05) is 0 Å². The van der Waals surface area contributed by atoms with Crippen LogP contribution in [0.3, 0.4) is 0 Å². The van der Waals surface area contributed by atoms with Crippen LogP contribution in [0.1, 0.15) is 16.7 Å². The molecule has 0 amide bonds. The second-order valence-corrected chi connectivity index (χ2v) is 4.57. The van der Waals surface area contributed by atoms with Gasteiger partial charge in [0.15, 0.2) is 0 Å². The van der Waals surface area contributed by atoms with E-state index in [9.17, 15) is 0 Å². The van der Waals surface area contributed by atoms with E-state index in [0.29, 0.717) is 0 Å². The molecule has 0 radical (unpaired) electrons. The summed E-state index contributed by atoms with van der Waals surface area (Å²) in [4.78, 5) is 0. The average molecular weight is 413 g/mol. The Bertz CT molecular complexity index is 606. The van der Waals surface area contributed by atoms with Crippen LogP contribution >= 0.6 is 0 Å². The summed E-state index contributed by atoms with van der Waals surface area (Å²) in [6.45, 7) is 12.3. The van der Waals surface area contributed by atoms with Gasteiger partial charge in [0.05, 0.1) is 0 Å². The Kier molecular flexibility index (Phi) is 16.7. The Balaban J connectivity index is -0.000000272. The summed E-state index contributed by atoms with van der Waals surface area (Å²) in [6, 6.07) is 19.2. The van der Waals surface area contributed by atoms with Gasteiger partial charge in [-0.1, -0.05) is 26.8 Å². The molecular formula is C19H22Cl2Zr. The molecule has 0 bridgehead atoms. The molecule has 22 heavy (non-hydrogen) atoms. The molecule has 0 aliphatic heterocycles. The van der Waals surface area contributed by atoms with Crippen molar-refractivity contribution in [1.82, 2.24) is 0 Å². The van der Waals surface area contributed by atoms with Gasteiger partial charge in [0.1, 0.15) is 0 Å². The fraction of sp³-hybridized carbons (Fsp3) is 0.158. The number of aryl methyl sites for hydroxylation is 3. The van der Waals surface area contributed by atoms with Crippen LogP contribution in [0.15, 0.2) is 67.8 Å². The molecule has 3 aromatic rings. The van der Waals surface area contributed by atoms with Crippen LogP contribution in [0.4, 0.5) is 0 Å². The van der Waals surface area contributed by atoms with Crippen molar-refractivity contribution >= 4 is 10.8 Å². The summed E-state index contributed by atoms with van der Waals surface area (Å²) in [5.74, 6) is 0. The van der Waals surface area contributed by atoms with Crippen LogP contribution in [0.25, 0.3) is 10.8 Å². The zero-order chi connectivity index (χ0) is 14.3.